The highest BCUT2D eigenvalue weighted by Gasteiger charge is 2.46. The van der Waals surface area contributed by atoms with Crippen LogP contribution < -0.4 is 45.0 Å². The van der Waals surface area contributed by atoms with Crippen molar-refractivity contribution >= 4 is 59.0 Å². The predicted octanol–water partition coefficient (Wildman–Crippen LogP) is 16.8. The number of amides is 5. The Hall–Kier alpha value is -14.0. The van der Waals surface area contributed by atoms with Gasteiger partial charge in [-0.2, -0.15) is 0 Å². The second-order valence-corrected chi connectivity index (χ2v) is 33.4. The Morgan fingerprint density at radius 2 is 0.615 bits per heavy atom. The second-order valence-electron chi connectivity index (χ2n) is 33.4. The van der Waals surface area contributed by atoms with Crippen molar-refractivity contribution in [3.05, 3.63) is 267 Å². The third-order valence-corrected chi connectivity index (χ3v) is 22.7. The van der Waals surface area contributed by atoms with Crippen LogP contribution in [0.3, 0.4) is 0 Å². The summed E-state index contributed by atoms with van der Waals surface area (Å²) in [5.41, 5.74) is 12.9. The van der Waals surface area contributed by atoms with E-state index in [2.05, 4.69) is 55.0 Å². The molecular weight excluding hydrogens is 1920 g/mol. The fourth-order valence-electron chi connectivity index (χ4n) is 16.3. The fraction of sp³-hybridized carbons (Fsp3) is 0.408. The third kappa shape index (κ3) is 39.4. The minimum Gasteiger partial charge on any atom is -0.445 e. The van der Waals surface area contributed by atoms with Gasteiger partial charge in [0.1, 0.15) is 48.6 Å². The predicted molar refractivity (Wildman–Crippen MR) is 480 cm³/mol. The fourth-order valence-corrected chi connectivity index (χ4v) is 16.3. The first kappa shape index (κ1) is 113. The molecule has 8 aromatic rings. The summed E-state index contributed by atoms with van der Waals surface area (Å²) < 4.78 is 221. The van der Waals surface area contributed by atoms with Gasteiger partial charge in [0.05, 0.1) is 55.5 Å². The zero-order chi connectivity index (χ0) is 104. The summed E-state index contributed by atoms with van der Waals surface area (Å²) in [4.78, 5) is 131. The van der Waals surface area contributed by atoms with Crippen LogP contribution in [0.4, 0.5) is 80.2 Å². The van der Waals surface area contributed by atoms with Crippen molar-refractivity contribution in [2.45, 2.75) is 222 Å². The van der Waals surface area contributed by atoms with Gasteiger partial charge in [-0.1, -0.05) is 157 Å². The molecule has 0 unspecified atom stereocenters. The minimum absolute atomic E-state index is 0.00213. The van der Waals surface area contributed by atoms with E-state index in [0.717, 1.165) is 59.5 Å². The number of carbonyl (C=O) groups is 10. The zero-order valence-corrected chi connectivity index (χ0v) is 76.8. The second kappa shape index (κ2) is 53.7. The van der Waals surface area contributed by atoms with Gasteiger partial charge in [0.2, 0.25) is 11.8 Å². The summed E-state index contributed by atoms with van der Waals surface area (Å²) in [5.74, 6) is -3.59. The van der Waals surface area contributed by atoms with Crippen molar-refractivity contribution in [2.24, 2.45) is 5.11 Å². The van der Waals surface area contributed by atoms with E-state index < -0.39 is 104 Å². The largest absolute Gasteiger partial charge is 0.573 e. The number of ketones is 5. The van der Waals surface area contributed by atoms with Crippen LogP contribution in [0, 0.1) is 0 Å². The lowest BCUT2D eigenvalue weighted by molar-refractivity contribution is -0.275. The highest BCUT2D eigenvalue weighted by Crippen LogP contribution is 2.36. The maximum absolute atomic E-state index is 13.1. The highest BCUT2D eigenvalue weighted by atomic mass is 19.4. The van der Waals surface area contributed by atoms with E-state index in [1.807, 2.05) is 30.3 Å². The van der Waals surface area contributed by atoms with Crippen molar-refractivity contribution in [1.29, 1.82) is 0 Å². The molecule has 30 nitrogen and oxygen atoms in total. The number of rotatable bonds is 34. The highest BCUT2D eigenvalue weighted by molar-refractivity contribution is 5.92. The molecule has 6 N–H and O–H groups in total. The Kier molecular flexibility index (Phi) is 42.3. The standard InChI is InChI=1S/C24H25F3N2O5.C22H21F3N4O4.C22H22F3NO5.C16H19F3N2O3.C14H16F3NO3/c1-16(30)28-14-19-10-11-21(29(19)23(32)33-15-17-6-3-2-4-7-17)22(31)13-18-8-5-9-20(12-18)34-24(25,26)27;23-22(24,25)33-18-8-4-7-16(11-18)12-20(30)19-10-9-17(13-27-28-26)29(19)21(31)32-14-15-5-2-1-3-6-15;23-22(24,25)31-18-8-4-7-16(11-18)12-20(28)19-10-9-17(13-27)26(19)21(29)30-14-15-5-2-1-3-6-15;1-10(22)20-9-12-5-6-14(21-12)15(23)8-11-3-2-4-13(7-11)24-16(17,18)19;15-14(16,17)21-11-3-1-2-9(6-11)7-13(20)12-5-4-10(8-19)18-12/h2-9,12,19,21H,10-11,13-15H2,1H3,(H,28,30);1-8,11,17,19H,9-10,12-14H2;1-8,11,17,19,27H,9-10,12-14H2;2-4,7,12,14,21H,5-6,8-9H2,1H3,(H,20,22);1-3,6,10,12,18-19H,4-5,7-8H2/t19-,21+;2*17-,19+;12-,14+;10-,12+/m11111/s1. The average molecular weight is 2030 g/mol. The van der Waals surface area contributed by atoms with Crippen molar-refractivity contribution in [2.75, 3.05) is 32.8 Å². The topological polar surface area (TPSA) is 392 Å². The van der Waals surface area contributed by atoms with Gasteiger partial charge in [0, 0.05) is 88.6 Å². The molecule has 5 fully saturated rings. The number of benzene rings is 8. The van der Waals surface area contributed by atoms with Crippen LogP contribution in [0.2, 0.25) is 0 Å². The van der Waals surface area contributed by atoms with Crippen LogP contribution >= 0.6 is 0 Å². The number of aliphatic hydroxyl groups excluding tert-OH is 2. The first-order chi connectivity index (χ1) is 67.7. The van der Waals surface area contributed by atoms with E-state index in [0.29, 0.717) is 92.1 Å². The van der Waals surface area contributed by atoms with Crippen molar-refractivity contribution in [1.82, 2.24) is 36.0 Å². The minimum atomic E-state index is -4.85. The summed E-state index contributed by atoms with van der Waals surface area (Å²) in [7, 11) is 0. The molecule has 0 spiro atoms. The SMILES string of the molecule is CC(=O)NC[C@H]1CC[C@@H](C(=O)Cc2cccc(OC(F)(F)F)c2)N1.CC(=O)NC[C@H]1CC[C@@H](C(=O)Cc2cccc(OC(F)(F)F)c2)N1C(=O)OCc1ccccc1.O=C(Cc1cccc(OC(F)(F)F)c1)[C@@H]1CC[C@H](CO)N1.O=C(Cc1cccc(OC(F)(F)F)c1)[C@@H]1CC[C@H](CO)N1C(=O)OCc1ccccc1.[N-]=[N+]=NC[C@H]1CC[C@@H](C(=O)Cc2cccc(OC(F)(F)F)c2)N1C(=O)OCc1ccccc1. The van der Waals surface area contributed by atoms with Gasteiger partial charge >= 0.3 is 50.1 Å². The molecular formula is C98H103F15N10O20. The monoisotopic (exact) mass is 2020 g/mol. The first-order valence-electron chi connectivity index (χ1n) is 44.8. The van der Waals surface area contributed by atoms with Crippen LogP contribution in [0.5, 0.6) is 28.7 Å². The molecule has 5 heterocycles. The van der Waals surface area contributed by atoms with E-state index >= 15 is 0 Å². The summed E-state index contributed by atoms with van der Waals surface area (Å²) in [6.07, 6.45) is -21.6. The van der Waals surface area contributed by atoms with E-state index in [-0.39, 0.29) is 155 Å². The molecule has 8 aromatic carbocycles. The number of hydrogen-bond acceptors (Lipinski definition) is 23. The Bertz CT molecular complexity index is 5590. The lowest BCUT2D eigenvalue weighted by Crippen LogP contribution is -2.49. The molecule has 0 aliphatic carbocycles. The van der Waals surface area contributed by atoms with E-state index in [4.69, 9.17) is 24.8 Å². The van der Waals surface area contributed by atoms with Gasteiger partial charge in [-0.25, -0.2) is 14.4 Å². The first-order valence-corrected chi connectivity index (χ1v) is 44.8. The Balaban J connectivity index is 0.000000201. The Labute approximate surface area is 809 Å². The van der Waals surface area contributed by atoms with Crippen molar-refractivity contribution < 1.29 is 162 Å². The number of alkyl halides is 15. The summed E-state index contributed by atoms with van der Waals surface area (Å²) in [5, 5.41) is 33.6. The molecule has 0 aromatic heterocycles. The number of halogens is 15. The molecule has 5 aliphatic heterocycles. The smallest absolute Gasteiger partial charge is 0.445 e. The Morgan fingerprint density at radius 3 is 0.909 bits per heavy atom. The molecule has 143 heavy (non-hydrogen) atoms. The maximum Gasteiger partial charge on any atom is 0.573 e. The lowest BCUT2D eigenvalue weighted by Gasteiger charge is -2.29. The number of likely N-dealkylation sites (tertiary alicyclic amines) is 3. The van der Waals surface area contributed by atoms with Gasteiger partial charge in [-0.15, -0.1) is 65.9 Å². The van der Waals surface area contributed by atoms with Crippen molar-refractivity contribution in [3.8, 4) is 28.7 Å². The summed E-state index contributed by atoms with van der Waals surface area (Å²) >= 11 is 0. The van der Waals surface area contributed by atoms with Gasteiger partial charge in [-0.3, -0.25) is 48.3 Å². The van der Waals surface area contributed by atoms with Crippen LogP contribution in [0.1, 0.15) is 123 Å². The number of nitrogens with zero attached hydrogens (tertiary/aromatic N) is 6. The Morgan fingerprint density at radius 1 is 0.343 bits per heavy atom. The van der Waals surface area contributed by atoms with Crippen LogP contribution in [0.25, 0.3) is 10.4 Å². The molecule has 0 bridgehead atoms. The number of carbonyl (C=O) groups excluding carboxylic acids is 10. The zero-order valence-electron chi connectivity index (χ0n) is 76.8. The van der Waals surface area contributed by atoms with Crippen LogP contribution in [-0.2, 0) is 99.7 Å². The van der Waals surface area contributed by atoms with Crippen molar-refractivity contribution in [3.63, 3.8) is 0 Å². The quantitative estimate of drug-likeness (QED) is 0.00717. The molecule has 45 heteroatoms. The van der Waals surface area contributed by atoms with E-state index in [1.54, 1.807) is 72.8 Å². The summed E-state index contributed by atoms with van der Waals surface area (Å²) in [6.45, 7) is 3.06. The number of nitrogens with one attached hydrogen (secondary N) is 4. The van der Waals surface area contributed by atoms with Gasteiger partial charge in [-0.05, 0) is 175 Å². The van der Waals surface area contributed by atoms with Gasteiger partial charge in [0.25, 0.3) is 0 Å². The molecule has 10 atom stereocenters. The van der Waals surface area contributed by atoms with Gasteiger partial charge in [0.15, 0.2) is 28.9 Å². The van der Waals surface area contributed by atoms with E-state index in [1.165, 1.54) is 101 Å². The van der Waals surface area contributed by atoms with E-state index in [9.17, 15) is 119 Å². The number of ether oxygens (including phenoxy) is 8. The lowest BCUT2D eigenvalue weighted by atomic mass is 10.0. The molecule has 5 amide bonds. The average Bonchev–Trinajstić information content (AvgIpc) is 1.68. The van der Waals surface area contributed by atoms with Crippen LogP contribution in [-0.4, -0.2) is 209 Å². The number of azide groups is 1. The number of Topliss-reactive ketones (excluding diaryl/α,β-unsaturated/α-hetero) is 5. The molecule has 770 valence electrons. The van der Waals surface area contributed by atoms with Gasteiger partial charge < -0.3 is 69.4 Å². The summed E-state index contributed by atoms with van der Waals surface area (Å²) in [6, 6.07) is 48.6. The van der Waals surface area contributed by atoms with Crippen LogP contribution in [0.15, 0.2) is 217 Å². The third-order valence-electron chi connectivity index (χ3n) is 22.7. The normalized spacial score (nSPS) is 19.1. The molecule has 0 saturated carbocycles. The molecule has 5 aliphatic rings. The molecule has 5 saturated heterocycles. The maximum atomic E-state index is 13.1. The molecule has 13 rings (SSSR count). The molecule has 0 radical (unpaired) electrons. The number of hydrogen-bond donors (Lipinski definition) is 6. The number of aliphatic hydroxyl groups is 2.